The van der Waals surface area contributed by atoms with E-state index < -0.39 is 21.7 Å². The molecule has 0 atom stereocenters. The van der Waals surface area contributed by atoms with Gasteiger partial charge in [-0.25, -0.2) is 36.7 Å². The third-order valence-electron chi connectivity index (χ3n) is 6.77. The SMILES string of the molecule is CNS(=O)(=O)c1ccc2nc(-c3cncn3-c3ccc(F)c(F)c3)n(-c3ccc4c(c3)n(C)c(=O)n4C)c2c1. The van der Waals surface area contributed by atoms with Crippen molar-refractivity contribution < 1.29 is 17.2 Å². The molecule has 0 saturated heterocycles. The van der Waals surface area contributed by atoms with Crippen molar-refractivity contribution in [2.45, 2.75) is 4.90 Å². The zero-order chi connectivity index (χ0) is 27.6. The quantitative estimate of drug-likeness (QED) is 0.355. The zero-order valence-electron chi connectivity index (χ0n) is 20.9. The number of fused-ring (bicyclic) bond motifs is 2. The summed E-state index contributed by atoms with van der Waals surface area (Å²) in [5.41, 5.74) is 3.48. The summed E-state index contributed by atoms with van der Waals surface area (Å²) >= 11 is 0. The van der Waals surface area contributed by atoms with Crippen LogP contribution in [-0.4, -0.2) is 43.7 Å². The maximum atomic E-state index is 14.1. The van der Waals surface area contributed by atoms with Gasteiger partial charge in [0.1, 0.15) is 5.69 Å². The predicted molar refractivity (Wildman–Crippen MR) is 142 cm³/mol. The van der Waals surface area contributed by atoms with Gasteiger partial charge in [0.15, 0.2) is 17.5 Å². The van der Waals surface area contributed by atoms with Gasteiger partial charge >= 0.3 is 5.69 Å². The number of rotatable bonds is 5. The van der Waals surface area contributed by atoms with Gasteiger partial charge < -0.3 is 0 Å². The molecule has 3 aromatic heterocycles. The summed E-state index contributed by atoms with van der Waals surface area (Å²) in [5.74, 6) is -1.63. The van der Waals surface area contributed by atoms with E-state index in [1.165, 1.54) is 46.9 Å². The average molecular weight is 550 g/mol. The van der Waals surface area contributed by atoms with Crippen LogP contribution in [-0.2, 0) is 24.1 Å². The van der Waals surface area contributed by atoms with Gasteiger partial charge in [0.2, 0.25) is 10.0 Å². The summed E-state index contributed by atoms with van der Waals surface area (Å²) < 4.78 is 61.7. The lowest BCUT2D eigenvalue weighted by molar-refractivity contribution is 0.508. The Labute approximate surface area is 220 Å². The van der Waals surface area contributed by atoms with Crippen molar-refractivity contribution >= 4 is 32.1 Å². The molecule has 6 rings (SSSR count). The maximum absolute atomic E-state index is 14.1. The van der Waals surface area contributed by atoms with Gasteiger partial charge in [0.25, 0.3) is 0 Å². The van der Waals surface area contributed by atoms with E-state index in [0.717, 1.165) is 12.1 Å². The van der Waals surface area contributed by atoms with Crippen LogP contribution < -0.4 is 10.4 Å². The number of aryl methyl sites for hydroxylation is 2. The topological polar surface area (TPSA) is 109 Å². The molecule has 6 aromatic rings. The van der Waals surface area contributed by atoms with Crippen LogP contribution in [0.1, 0.15) is 0 Å². The molecular weight excluding hydrogens is 528 g/mol. The van der Waals surface area contributed by atoms with Crippen LogP contribution in [0, 0.1) is 11.6 Å². The van der Waals surface area contributed by atoms with E-state index in [1.807, 2.05) is 0 Å². The number of imidazole rings is 3. The maximum Gasteiger partial charge on any atom is 0.328 e. The molecule has 0 aliphatic heterocycles. The minimum Gasteiger partial charge on any atom is -0.296 e. The smallest absolute Gasteiger partial charge is 0.296 e. The number of nitrogens with zero attached hydrogens (tertiary/aromatic N) is 6. The molecule has 0 spiro atoms. The molecule has 0 amide bonds. The highest BCUT2D eigenvalue weighted by molar-refractivity contribution is 7.89. The van der Waals surface area contributed by atoms with E-state index in [-0.39, 0.29) is 10.6 Å². The molecule has 0 bridgehead atoms. The Balaban J connectivity index is 1.68. The number of halogens is 2. The molecule has 0 unspecified atom stereocenters. The number of sulfonamides is 1. The van der Waals surface area contributed by atoms with Gasteiger partial charge in [-0.15, -0.1) is 0 Å². The number of benzene rings is 3. The second-order valence-electron chi connectivity index (χ2n) is 8.95. The molecule has 0 radical (unpaired) electrons. The van der Waals surface area contributed by atoms with Crippen molar-refractivity contribution in [2.75, 3.05) is 7.05 Å². The molecule has 0 aliphatic rings. The van der Waals surface area contributed by atoms with Crippen molar-refractivity contribution in [1.82, 2.24) is 33.0 Å². The van der Waals surface area contributed by atoms with E-state index in [4.69, 9.17) is 4.98 Å². The molecule has 0 saturated carbocycles. The molecule has 0 aliphatic carbocycles. The molecule has 3 heterocycles. The first-order valence-electron chi connectivity index (χ1n) is 11.7. The Morgan fingerprint density at radius 1 is 0.846 bits per heavy atom. The van der Waals surface area contributed by atoms with Crippen LogP contribution in [0.4, 0.5) is 8.78 Å². The van der Waals surface area contributed by atoms with Crippen LogP contribution in [0.15, 0.2) is 76.8 Å². The second-order valence-corrected chi connectivity index (χ2v) is 10.8. The van der Waals surface area contributed by atoms with E-state index in [9.17, 15) is 22.0 Å². The zero-order valence-corrected chi connectivity index (χ0v) is 21.7. The summed E-state index contributed by atoms with van der Waals surface area (Å²) in [4.78, 5) is 21.6. The lowest BCUT2D eigenvalue weighted by atomic mass is 10.2. The fourth-order valence-corrected chi connectivity index (χ4v) is 5.46. The summed E-state index contributed by atoms with van der Waals surface area (Å²) in [5, 5.41) is 0. The van der Waals surface area contributed by atoms with Crippen molar-refractivity contribution in [3.8, 4) is 22.9 Å². The van der Waals surface area contributed by atoms with Crippen molar-refractivity contribution in [2.24, 2.45) is 14.1 Å². The summed E-state index contributed by atoms with van der Waals surface area (Å²) in [6.07, 6.45) is 2.98. The van der Waals surface area contributed by atoms with Crippen LogP contribution in [0.5, 0.6) is 0 Å². The number of hydrogen-bond acceptors (Lipinski definition) is 5. The molecule has 3 aromatic carbocycles. The molecule has 13 heteroatoms. The third kappa shape index (κ3) is 3.77. The molecule has 1 N–H and O–H groups in total. The Kier molecular flexibility index (Phi) is 5.52. The van der Waals surface area contributed by atoms with Crippen LogP contribution >= 0.6 is 0 Å². The minimum atomic E-state index is -3.77. The van der Waals surface area contributed by atoms with Gasteiger partial charge in [-0.1, -0.05) is 0 Å². The lowest BCUT2D eigenvalue weighted by Gasteiger charge is -2.13. The Morgan fingerprint density at radius 3 is 2.33 bits per heavy atom. The van der Waals surface area contributed by atoms with Crippen molar-refractivity contribution in [1.29, 1.82) is 0 Å². The fourth-order valence-electron chi connectivity index (χ4n) is 4.71. The summed E-state index contributed by atoms with van der Waals surface area (Å²) in [6.45, 7) is 0. The molecular formula is C26H21F2N7O3S. The standard InChI is InChI=1S/C26H21F2N7O3S/c1-29-39(37,38)17-6-8-20-22(12-17)35(16-5-9-21-23(11-16)33(3)26(36)32(21)2)25(31-20)24-13-30-14-34(24)15-4-7-18(27)19(28)10-15/h4-14,29H,1-3H3. The highest BCUT2D eigenvalue weighted by Gasteiger charge is 2.22. The first-order valence-corrected chi connectivity index (χ1v) is 13.2. The Bertz CT molecular complexity index is 2110. The van der Waals surface area contributed by atoms with Crippen LogP contribution in [0.2, 0.25) is 0 Å². The predicted octanol–water partition coefficient (Wildman–Crippen LogP) is 3.25. The Morgan fingerprint density at radius 2 is 1.59 bits per heavy atom. The van der Waals surface area contributed by atoms with E-state index >= 15 is 0 Å². The average Bonchev–Trinajstić information content (AvgIpc) is 3.62. The molecule has 10 nitrogen and oxygen atoms in total. The van der Waals surface area contributed by atoms with Gasteiger partial charge in [-0.05, 0) is 55.6 Å². The largest absolute Gasteiger partial charge is 0.328 e. The first-order chi connectivity index (χ1) is 18.6. The van der Waals surface area contributed by atoms with Gasteiger partial charge in [-0.2, -0.15) is 0 Å². The lowest BCUT2D eigenvalue weighted by Crippen LogP contribution is -2.19. The van der Waals surface area contributed by atoms with E-state index in [0.29, 0.717) is 45.0 Å². The highest BCUT2D eigenvalue weighted by Crippen LogP contribution is 2.32. The van der Waals surface area contributed by atoms with Crippen LogP contribution in [0.3, 0.4) is 0 Å². The van der Waals surface area contributed by atoms with Gasteiger partial charge in [0, 0.05) is 25.8 Å². The van der Waals surface area contributed by atoms with E-state index in [1.54, 1.807) is 47.5 Å². The normalized spacial score (nSPS) is 12.1. The third-order valence-corrected chi connectivity index (χ3v) is 8.18. The number of aromatic nitrogens is 6. The second kappa shape index (κ2) is 8.71. The summed E-state index contributed by atoms with van der Waals surface area (Å²) in [7, 11) is 0.896. The van der Waals surface area contributed by atoms with Gasteiger partial charge in [-0.3, -0.25) is 18.3 Å². The monoisotopic (exact) mass is 549 g/mol. The number of hydrogen-bond donors (Lipinski definition) is 1. The highest BCUT2D eigenvalue weighted by atomic mass is 32.2. The molecule has 0 fully saturated rings. The number of nitrogens with one attached hydrogen (secondary N) is 1. The first kappa shape index (κ1) is 24.7. The van der Waals surface area contributed by atoms with Crippen molar-refractivity contribution in [3.05, 3.63) is 89.2 Å². The van der Waals surface area contributed by atoms with Gasteiger partial charge in [0.05, 0.1) is 45.2 Å². The fraction of sp³-hybridized carbons (Fsp3) is 0.115. The minimum absolute atomic E-state index is 0.0347. The van der Waals surface area contributed by atoms with Crippen molar-refractivity contribution in [3.63, 3.8) is 0 Å². The molecule has 39 heavy (non-hydrogen) atoms. The van der Waals surface area contributed by atoms with Crippen LogP contribution in [0.25, 0.3) is 45.0 Å². The Hall–Kier alpha value is -4.62. The summed E-state index contributed by atoms with van der Waals surface area (Å²) in [6, 6.07) is 13.4. The molecule has 198 valence electrons. The van der Waals surface area contributed by atoms with E-state index in [2.05, 4.69) is 9.71 Å².